The Bertz CT molecular complexity index is 1100. The smallest absolute Gasteiger partial charge is 0.416 e. The Balaban J connectivity index is 1.85. The first-order valence-corrected chi connectivity index (χ1v) is 9.79. The summed E-state index contributed by atoms with van der Waals surface area (Å²) in [7, 11) is 0. The summed E-state index contributed by atoms with van der Waals surface area (Å²) < 4.78 is 49.3. The molecule has 0 aliphatic heterocycles. The van der Waals surface area contributed by atoms with Gasteiger partial charge in [0.15, 0.2) is 5.76 Å². The highest BCUT2D eigenvalue weighted by Crippen LogP contribution is 2.35. The van der Waals surface area contributed by atoms with Crippen molar-refractivity contribution in [2.45, 2.75) is 26.9 Å². The molecule has 0 unspecified atom stereocenters. The molecule has 0 spiro atoms. The maximum absolute atomic E-state index is 12.9. The van der Waals surface area contributed by atoms with Crippen molar-refractivity contribution in [3.05, 3.63) is 63.7 Å². The van der Waals surface area contributed by atoms with Crippen molar-refractivity contribution in [3.8, 4) is 11.3 Å². The average molecular weight is 437 g/mol. The number of ether oxygens (including phenoxy) is 1. The fraction of sp³-hybridized carbons (Fsp3) is 0.238. The fourth-order valence-electron chi connectivity index (χ4n) is 2.79. The third-order valence-corrected chi connectivity index (χ3v) is 5.52. The predicted octanol–water partition coefficient (Wildman–Crippen LogP) is 6.07. The molecule has 1 aromatic carbocycles. The fourth-order valence-corrected chi connectivity index (χ4v) is 3.84. The van der Waals surface area contributed by atoms with Gasteiger partial charge < -0.3 is 14.5 Å². The number of alkyl halides is 3. The van der Waals surface area contributed by atoms with Gasteiger partial charge in [0.2, 0.25) is 0 Å². The minimum absolute atomic E-state index is 0.0964. The third kappa shape index (κ3) is 4.40. The van der Waals surface area contributed by atoms with Crippen LogP contribution in [0, 0.1) is 13.8 Å². The third-order valence-electron chi connectivity index (χ3n) is 4.40. The number of benzene rings is 1. The second-order valence-corrected chi connectivity index (χ2v) is 7.63. The number of amides is 1. The molecule has 2 heterocycles. The van der Waals surface area contributed by atoms with Crippen LogP contribution < -0.4 is 5.32 Å². The number of carbonyl (C=O) groups excluding carboxylic acids is 2. The largest absolute Gasteiger partial charge is 0.462 e. The van der Waals surface area contributed by atoms with Gasteiger partial charge in [-0.3, -0.25) is 4.79 Å². The molecule has 30 heavy (non-hydrogen) atoms. The van der Waals surface area contributed by atoms with Crippen LogP contribution in [-0.2, 0) is 10.9 Å². The average Bonchev–Trinajstić information content (AvgIpc) is 3.27. The number of thiophene rings is 1. The molecule has 0 saturated carbocycles. The zero-order valence-corrected chi connectivity index (χ0v) is 17.2. The summed E-state index contributed by atoms with van der Waals surface area (Å²) in [5, 5.41) is 2.96. The summed E-state index contributed by atoms with van der Waals surface area (Å²) in [6, 6.07) is 7.41. The molecule has 0 saturated heterocycles. The summed E-state index contributed by atoms with van der Waals surface area (Å²) in [5.41, 5.74) is 0.361. The first kappa shape index (κ1) is 21.6. The zero-order chi connectivity index (χ0) is 22.1. The molecular formula is C21H18F3NO4S. The minimum atomic E-state index is -4.48. The number of carbonyl (C=O) groups is 2. The lowest BCUT2D eigenvalue weighted by molar-refractivity contribution is -0.137. The van der Waals surface area contributed by atoms with E-state index in [0.717, 1.165) is 17.0 Å². The molecule has 0 aliphatic rings. The lowest BCUT2D eigenvalue weighted by Gasteiger charge is -2.07. The second kappa shape index (κ2) is 8.35. The Morgan fingerprint density at radius 2 is 1.90 bits per heavy atom. The molecule has 1 N–H and O–H groups in total. The highest BCUT2D eigenvalue weighted by molar-refractivity contribution is 7.16. The maximum Gasteiger partial charge on any atom is 0.416 e. The molecule has 0 atom stereocenters. The van der Waals surface area contributed by atoms with Gasteiger partial charge >= 0.3 is 12.1 Å². The highest BCUT2D eigenvalue weighted by Gasteiger charge is 2.30. The SMILES string of the molecule is CCOC(=O)c1c(NC(=O)c2ccc(-c3cccc(C(F)(F)F)c3)o2)sc(C)c1C. The van der Waals surface area contributed by atoms with Crippen LogP contribution in [0.5, 0.6) is 0 Å². The maximum atomic E-state index is 12.9. The Morgan fingerprint density at radius 3 is 2.57 bits per heavy atom. The van der Waals surface area contributed by atoms with Gasteiger partial charge in [0.25, 0.3) is 5.91 Å². The number of furan rings is 1. The molecule has 0 fully saturated rings. The first-order valence-electron chi connectivity index (χ1n) is 8.97. The standard InChI is InChI=1S/C21H18F3NO4S/c1-4-28-20(27)17-11(2)12(3)30-19(17)25-18(26)16-9-8-15(29-16)13-6-5-7-14(10-13)21(22,23)24/h5-10H,4H2,1-3H3,(H,25,26). The molecule has 3 rings (SSSR count). The molecule has 5 nitrogen and oxygen atoms in total. The normalized spacial score (nSPS) is 11.4. The van der Waals surface area contributed by atoms with E-state index < -0.39 is 23.6 Å². The molecule has 158 valence electrons. The van der Waals surface area contributed by atoms with Crippen LogP contribution in [0.3, 0.4) is 0 Å². The Morgan fingerprint density at radius 1 is 1.17 bits per heavy atom. The van der Waals surface area contributed by atoms with Crippen LogP contribution in [0.25, 0.3) is 11.3 Å². The Labute approximate surface area is 174 Å². The molecule has 0 radical (unpaired) electrons. The van der Waals surface area contributed by atoms with E-state index in [-0.39, 0.29) is 29.3 Å². The molecule has 3 aromatic rings. The van der Waals surface area contributed by atoms with E-state index >= 15 is 0 Å². The van der Waals surface area contributed by atoms with Gasteiger partial charge in [-0.25, -0.2) is 4.79 Å². The monoisotopic (exact) mass is 437 g/mol. The lowest BCUT2D eigenvalue weighted by atomic mass is 10.1. The first-order chi connectivity index (χ1) is 14.1. The highest BCUT2D eigenvalue weighted by atomic mass is 32.1. The number of hydrogen-bond donors (Lipinski definition) is 1. The molecule has 0 aliphatic carbocycles. The molecule has 0 bridgehead atoms. The van der Waals surface area contributed by atoms with E-state index in [0.29, 0.717) is 10.6 Å². The van der Waals surface area contributed by atoms with Crippen LogP contribution in [0.2, 0.25) is 0 Å². The number of esters is 1. The van der Waals surface area contributed by atoms with Crippen molar-refractivity contribution in [3.63, 3.8) is 0 Å². The van der Waals surface area contributed by atoms with Crippen molar-refractivity contribution in [1.82, 2.24) is 0 Å². The molecule has 1 amide bonds. The Kier molecular flexibility index (Phi) is 6.02. The van der Waals surface area contributed by atoms with Crippen molar-refractivity contribution in [2.24, 2.45) is 0 Å². The summed E-state index contributed by atoms with van der Waals surface area (Å²) in [4.78, 5) is 25.7. The van der Waals surface area contributed by atoms with Crippen molar-refractivity contribution in [1.29, 1.82) is 0 Å². The van der Waals surface area contributed by atoms with E-state index in [2.05, 4.69) is 5.32 Å². The van der Waals surface area contributed by atoms with Gasteiger partial charge in [0, 0.05) is 10.4 Å². The van der Waals surface area contributed by atoms with Crippen molar-refractivity contribution in [2.75, 3.05) is 11.9 Å². The number of aryl methyl sites for hydroxylation is 1. The van der Waals surface area contributed by atoms with E-state index in [4.69, 9.17) is 9.15 Å². The van der Waals surface area contributed by atoms with Gasteiger partial charge in [-0.05, 0) is 50.6 Å². The summed E-state index contributed by atoms with van der Waals surface area (Å²) >= 11 is 1.23. The number of hydrogen-bond acceptors (Lipinski definition) is 5. The predicted molar refractivity (Wildman–Crippen MR) is 107 cm³/mol. The summed E-state index contributed by atoms with van der Waals surface area (Å²) in [5.74, 6) is -1.14. The topological polar surface area (TPSA) is 68.5 Å². The number of rotatable bonds is 5. The molecule has 2 aromatic heterocycles. The van der Waals surface area contributed by atoms with Gasteiger partial charge in [-0.15, -0.1) is 11.3 Å². The zero-order valence-electron chi connectivity index (χ0n) is 16.3. The minimum Gasteiger partial charge on any atom is -0.462 e. The van der Waals surface area contributed by atoms with Gasteiger partial charge in [-0.1, -0.05) is 12.1 Å². The molecule has 9 heteroatoms. The number of anilines is 1. The van der Waals surface area contributed by atoms with Gasteiger partial charge in [0.05, 0.1) is 17.7 Å². The van der Waals surface area contributed by atoms with Gasteiger partial charge in [-0.2, -0.15) is 13.2 Å². The Hall–Kier alpha value is -3.07. The van der Waals surface area contributed by atoms with Crippen LogP contribution in [-0.4, -0.2) is 18.5 Å². The van der Waals surface area contributed by atoms with E-state index in [9.17, 15) is 22.8 Å². The number of nitrogens with one attached hydrogen (secondary N) is 1. The van der Waals surface area contributed by atoms with Crippen LogP contribution >= 0.6 is 11.3 Å². The van der Waals surface area contributed by atoms with Crippen LogP contribution in [0.1, 0.15) is 43.8 Å². The lowest BCUT2D eigenvalue weighted by Crippen LogP contribution is -2.14. The summed E-state index contributed by atoms with van der Waals surface area (Å²) in [6.07, 6.45) is -4.48. The molecular weight excluding hydrogens is 419 g/mol. The van der Waals surface area contributed by atoms with Crippen molar-refractivity contribution < 1.29 is 31.9 Å². The van der Waals surface area contributed by atoms with Gasteiger partial charge in [0.1, 0.15) is 10.8 Å². The van der Waals surface area contributed by atoms with E-state index in [1.807, 2.05) is 6.92 Å². The van der Waals surface area contributed by atoms with E-state index in [1.54, 1.807) is 13.8 Å². The summed E-state index contributed by atoms with van der Waals surface area (Å²) in [6.45, 7) is 5.45. The quantitative estimate of drug-likeness (QED) is 0.492. The van der Waals surface area contributed by atoms with E-state index in [1.165, 1.54) is 35.6 Å². The van der Waals surface area contributed by atoms with Crippen LogP contribution in [0.4, 0.5) is 18.2 Å². The van der Waals surface area contributed by atoms with Crippen LogP contribution in [0.15, 0.2) is 40.8 Å². The van der Waals surface area contributed by atoms with Crippen molar-refractivity contribution >= 4 is 28.2 Å². The number of halogens is 3. The second-order valence-electron chi connectivity index (χ2n) is 6.40.